The first kappa shape index (κ1) is 46.0. The second-order valence-corrected chi connectivity index (χ2v) is 23.8. The molecule has 0 saturated carbocycles. The zero-order valence-corrected chi connectivity index (χ0v) is 28.3. The van der Waals surface area contributed by atoms with E-state index in [0.717, 1.165) is 0 Å². The van der Waals surface area contributed by atoms with Crippen molar-refractivity contribution in [1.29, 1.82) is 0 Å². The van der Waals surface area contributed by atoms with Crippen LogP contribution >= 0.6 is 60.8 Å². The predicted octanol–water partition coefficient (Wildman–Crippen LogP) is -5.01. The molecular weight excluding hydrogens is 804 g/mol. The monoisotopic (exact) mass is 832 g/mol. The Kier molecular flexibility index (Phi) is 14.6. The molecule has 0 bridgehead atoms. The molecule has 0 rings (SSSR count). The second kappa shape index (κ2) is 14.3. The molecule has 0 heterocycles. The molecule has 0 unspecified atom stereocenters. The molecule has 0 aliphatic carbocycles. The zero-order chi connectivity index (χ0) is 36.8. The van der Waals surface area contributed by atoms with Gasteiger partial charge in [-0.1, -0.05) is 0 Å². The van der Waals surface area contributed by atoms with E-state index < -0.39 is 107 Å². The first-order chi connectivity index (χ1) is 19.3. The van der Waals surface area contributed by atoms with Gasteiger partial charge in [0.1, 0.15) is 0 Å². The van der Waals surface area contributed by atoms with Crippen molar-refractivity contribution in [3.05, 3.63) is 0 Å². The Morgan fingerprint density at radius 3 is 0.756 bits per heavy atom. The van der Waals surface area contributed by atoms with Gasteiger partial charge in [0.15, 0.2) is 32.8 Å². The number of hydrogen-bond donors (Lipinski definition) is 18. The number of ether oxygens (including phenoxy) is 1. The molecule has 0 aromatic rings. The van der Waals surface area contributed by atoms with E-state index in [-0.39, 0.29) is 0 Å². The molecule has 20 N–H and O–H groups in total. The molecule has 37 heteroatoms. The quantitative estimate of drug-likeness (QED) is 0.0349. The molecule has 0 aliphatic heterocycles. The standard InChI is InChI=1S/C8H28N2O27P8/c9-36-2-1-35-7(3(38(11,12)13)39(14,15)16,4(40(17,18)19)41(20,21)22)8(37-10,5(42(23,24)25)43(26,27)28)6(44(29,30)31)45(32,33)34/h3-6H,1-2,9-10H2,(H2,11,12,13)(H2,14,15,16)(H2,17,18,19)(H2,20,21,22)(H2,23,24,25)(H2,26,27,28)(H2,29,30,31)(H2,32,33,34). The van der Waals surface area contributed by atoms with Crippen LogP contribution in [0.3, 0.4) is 0 Å². The van der Waals surface area contributed by atoms with Crippen LogP contribution in [0.15, 0.2) is 0 Å². The smallest absolute Gasteiger partial charge is 0.343 e. The second-order valence-electron chi connectivity index (χ2n) is 8.63. The summed E-state index contributed by atoms with van der Waals surface area (Å²) in [5.41, 5.74) is -12.0. The van der Waals surface area contributed by atoms with Crippen molar-refractivity contribution in [1.82, 2.24) is 0 Å². The van der Waals surface area contributed by atoms with Crippen LogP contribution in [0.1, 0.15) is 0 Å². The fourth-order valence-corrected chi connectivity index (χ4v) is 19.1. The minimum atomic E-state index is -7.46. The lowest BCUT2D eigenvalue weighted by atomic mass is 9.86. The Morgan fingerprint density at radius 2 is 0.600 bits per heavy atom. The van der Waals surface area contributed by atoms with Gasteiger partial charge in [-0.15, -0.1) is 0 Å². The Bertz CT molecular complexity index is 1260. The normalized spacial score (nSPS) is 16.0. The summed E-state index contributed by atoms with van der Waals surface area (Å²) in [6.07, 6.45) is 0. The first-order valence-corrected chi connectivity index (χ1v) is 23.5. The topological polar surface area (TPSA) is 540 Å². The van der Waals surface area contributed by atoms with Crippen molar-refractivity contribution in [2.75, 3.05) is 13.2 Å². The minimum Gasteiger partial charge on any atom is -0.366 e. The molecule has 0 saturated heterocycles. The summed E-state index contributed by atoms with van der Waals surface area (Å²) >= 11 is 0. The van der Waals surface area contributed by atoms with Crippen molar-refractivity contribution in [2.45, 2.75) is 32.8 Å². The molecule has 0 fully saturated rings. The van der Waals surface area contributed by atoms with Gasteiger partial charge in [0.2, 0.25) is 0 Å². The zero-order valence-electron chi connectivity index (χ0n) is 21.1. The maximum atomic E-state index is 12.7. The summed E-state index contributed by atoms with van der Waals surface area (Å²) in [5.74, 6) is 9.46. The number of hydrogen-bond acceptors (Lipinski definition) is 13. The summed E-state index contributed by atoms with van der Waals surface area (Å²) in [6, 6.07) is 0. The van der Waals surface area contributed by atoms with E-state index in [2.05, 4.69) is 20.3 Å². The molecule has 0 amide bonds. The average Bonchev–Trinajstić information content (AvgIpc) is 2.64. The van der Waals surface area contributed by atoms with Crippen molar-refractivity contribution in [2.24, 2.45) is 11.8 Å². The van der Waals surface area contributed by atoms with Crippen LogP contribution in [0.5, 0.6) is 0 Å². The van der Waals surface area contributed by atoms with E-state index in [1.807, 2.05) is 0 Å². The molecule has 272 valence electrons. The van der Waals surface area contributed by atoms with Crippen LogP contribution in [-0.4, -0.2) is 124 Å². The number of nitrogens with two attached hydrogens (primary N) is 2. The van der Waals surface area contributed by atoms with Crippen molar-refractivity contribution in [3.8, 4) is 0 Å². The van der Waals surface area contributed by atoms with Gasteiger partial charge in [-0.05, 0) is 0 Å². The van der Waals surface area contributed by atoms with Crippen molar-refractivity contribution < 1.29 is 129 Å². The fraction of sp³-hybridized carbons (Fsp3) is 1.00. The highest BCUT2D eigenvalue weighted by Gasteiger charge is 2.88. The molecule has 45 heavy (non-hydrogen) atoms. The fourth-order valence-electron chi connectivity index (χ4n) is 4.59. The SMILES string of the molecule is NOCCOC(C(P(=O)(O)O)P(=O)(O)O)(C(P(=O)(O)O)P(=O)(O)O)C(ON)(C(P(=O)(O)O)P(=O)(O)O)C(P(=O)(O)O)P(=O)(O)O. The van der Waals surface area contributed by atoms with Gasteiger partial charge >= 0.3 is 60.8 Å². The Morgan fingerprint density at radius 1 is 0.400 bits per heavy atom. The molecular formula is C8H28N2O27P8. The lowest BCUT2D eigenvalue weighted by Gasteiger charge is -2.58. The van der Waals surface area contributed by atoms with Crippen LogP contribution in [0.2, 0.25) is 0 Å². The van der Waals surface area contributed by atoms with Gasteiger partial charge in [0.05, 0.1) is 13.2 Å². The van der Waals surface area contributed by atoms with Gasteiger partial charge in [-0.25, -0.2) is 11.8 Å². The summed E-state index contributed by atoms with van der Waals surface area (Å²) in [6.45, 7) is -3.57. The maximum absolute atomic E-state index is 12.7. The highest BCUT2D eigenvalue weighted by molar-refractivity contribution is 7.74. The van der Waals surface area contributed by atoms with Crippen molar-refractivity contribution >= 4 is 60.8 Å². The van der Waals surface area contributed by atoms with E-state index in [4.69, 9.17) is 5.90 Å². The highest BCUT2D eigenvalue weighted by atomic mass is 31.3. The Balaban J connectivity index is 10.3. The van der Waals surface area contributed by atoms with Gasteiger partial charge in [0, 0.05) is 0 Å². The van der Waals surface area contributed by atoms with Crippen LogP contribution in [0, 0.1) is 0 Å². The summed E-state index contributed by atoms with van der Waals surface area (Å²) in [4.78, 5) is 168. The molecule has 0 spiro atoms. The molecule has 0 atom stereocenters. The van der Waals surface area contributed by atoms with Crippen LogP contribution in [0.25, 0.3) is 0 Å². The third-order valence-corrected chi connectivity index (χ3v) is 20.8. The van der Waals surface area contributed by atoms with E-state index in [1.54, 1.807) is 0 Å². The molecule has 0 aromatic carbocycles. The lowest BCUT2D eigenvalue weighted by molar-refractivity contribution is -0.204. The average molecular weight is 832 g/mol. The molecule has 0 aliphatic rings. The highest BCUT2D eigenvalue weighted by Crippen LogP contribution is 2.83. The molecule has 0 radical (unpaired) electrons. The Labute approximate surface area is 248 Å². The van der Waals surface area contributed by atoms with Gasteiger partial charge in [0.25, 0.3) is 0 Å². The van der Waals surface area contributed by atoms with Crippen LogP contribution < -0.4 is 11.8 Å². The van der Waals surface area contributed by atoms with Gasteiger partial charge < -0.3 is 87.9 Å². The molecule has 0 aromatic heterocycles. The van der Waals surface area contributed by atoms with E-state index >= 15 is 0 Å². The number of rotatable bonds is 18. The van der Waals surface area contributed by atoms with Crippen LogP contribution in [-0.2, 0) is 50.9 Å². The van der Waals surface area contributed by atoms with Gasteiger partial charge in [-0.3, -0.25) is 41.4 Å². The van der Waals surface area contributed by atoms with Gasteiger partial charge in [-0.2, -0.15) is 0 Å². The summed E-state index contributed by atoms with van der Waals surface area (Å²) < 4.78 is 106. The third-order valence-electron chi connectivity index (χ3n) is 5.43. The predicted molar refractivity (Wildman–Crippen MR) is 138 cm³/mol. The summed E-state index contributed by atoms with van der Waals surface area (Å²) in [5, 5.41) is -20.2. The van der Waals surface area contributed by atoms with E-state index in [1.165, 1.54) is 0 Å². The summed E-state index contributed by atoms with van der Waals surface area (Å²) in [7, 11) is -59.6. The minimum absolute atomic E-state index is 1.51. The molecule has 29 nitrogen and oxygen atoms in total. The largest absolute Gasteiger partial charge is 0.366 e. The third kappa shape index (κ3) is 10.0. The van der Waals surface area contributed by atoms with Crippen molar-refractivity contribution in [3.63, 3.8) is 0 Å². The van der Waals surface area contributed by atoms with E-state index in [9.17, 15) is 115 Å². The first-order valence-electron chi connectivity index (χ1n) is 10.1. The maximum Gasteiger partial charge on any atom is 0.343 e. The van der Waals surface area contributed by atoms with E-state index in [0.29, 0.717) is 0 Å². The van der Waals surface area contributed by atoms with Crippen LogP contribution in [0.4, 0.5) is 0 Å². The Hall–Kier alpha value is 1.000. The lowest BCUT2D eigenvalue weighted by Crippen LogP contribution is -2.77.